The van der Waals surface area contributed by atoms with Crippen molar-refractivity contribution in [2.24, 2.45) is 0 Å². The Morgan fingerprint density at radius 3 is 0.867 bits per heavy atom. The first-order valence-corrected chi connectivity index (χ1v) is 35.4. The Bertz CT molecular complexity index is 5450. The molecule has 0 aromatic heterocycles. The fourth-order valence-corrected chi connectivity index (χ4v) is 13.8. The monoisotopic (exact) mass is 1350 g/mol. The van der Waals surface area contributed by atoms with Gasteiger partial charge in [0.05, 0.1) is 23.3 Å². The maximum atomic E-state index is 9.24. The molecule has 7 nitrogen and oxygen atoms in total. The first kappa shape index (κ1) is 68.4. The molecule has 0 amide bonds. The molecule has 0 unspecified atom stereocenters. The van der Waals surface area contributed by atoms with E-state index in [9.17, 15) is 5.26 Å². The van der Waals surface area contributed by atoms with E-state index in [1.807, 2.05) is 86.9 Å². The summed E-state index contributed by atoms with van der Waals surface area (Å²) in [5.74, 6) is 0. The van der Waals surface area contributed by atoms with Crippen LogP contribution >= 0.6 is 0 Å². The molecule has 0 N–H and O–H groups in total. The van der Waals surface area contributed by atoms with E-state index in [1.165, 1.54) is 78.1 Å². The Balaban J connectivity index is 0.000000133. The number of benzene rings is 15. The van der Waals surface area contributed by atoms with Gasteiger partial charge in [-0.15, -0.1) is 0 Å². The summed E-state index contributed by atoms with van der Waals surface area (Å²) in [6, 6.07) is 140. The number of hydrogen-bond acceptors (Lipinski definition) is 7. The Labute approximate surface area is 618 Å². The van der Waals surface area contributed by atoms with Crippen LogP contribution in [-0.2, 0) is 5.41 Å². The number of nitrogens with zero attached hydrogens (tertiary/aromatic N) is 7. The molecule has 506 valence electrons. The molecule has 0 saturated carbocycles. The molecule has 0 aliphatic heterocycles. The van der Waals surface area contributed by atoms with E-state index in [2.05, 4.69) is 373 Å². The summed E-state index contributed by atoms with van der Waals surface area (Å²) in [6.07, 6.45) is 0. The van der Waals surface area contributed by atoms with Crippen LogP contribution in [0.2, 0.25) is 0 Å². The summed E-state index contributed by atoms with van der Waals surface area (Å²) in [7, 11) is 6.18. The zero-order chi connectivity index (χ0) is 72.1. The summed E-state index contributed by atoms with van der Waals surface area (Å²) in [5, 5.41) is 18.3. The maximum absolute atomic E-state index is 9.24. The molecule has 15 aromatic rings. The zero-order valence-electron chi connectivity index (χ0n) is 59.6. The van der Waals surface area contributed by atoms with Gasteiger partial charge in [-0.3, -0.25) is 0 Å². The second-order valence-corrected chi connectivity index (χ2v) is 26.6. The minimum Gasteiger partial charge on any atom is -0.345 e. The summed E-state index contributed by atoms with van der Waals surface area (Å²) in [5.41, 5.74) is 29.8. The molecule has 0 heterocycles. The van der Waals surface area contributed by atoms with Crippen LogP contribution in [0, 0.1) is 22.7 Å². The van der Waals surface area contributed by atoms with Gasteiger partial charge in [0.2, 0.25) is 0 Å². The fourth-order valence-electron chi connectivity index (χ4n) is 13.8. The van der Waals surface area contributed by atoms with E-state index < -0.39 is 0 Å². The Morgan fingerprint density at radius 2 is 0.476 bits per heavy atom. The lowest BCUT2D eigenvalue weighted by atomic mass is 9.81. The highest BCUT2D eigenvalue weighted by molar-refractivity contribution is 5.86. The van der Waals surface area contributed by atoms with Crippen LogP contribution in [0.5, 0.6) is 0 Å². The average Bonchev–Trinajstić information content (AvgIpc) is 1.59. The molecule has 0 bridgehead atoms. The van der Waals surface area contributed by atoms with Crippen LogP contribution in [0.1, 0.15) is 36.1 Å². The average molecular weight is 1350 g/mol. The van der Waals surface area contributed by atoms with Crippen molar-refractivity contribution in [1.29, 1.82) is 10.5 Å². The number of nitriles is 2. The van der Waals surface area contributed by atoms with Crippen molar-refractivity contribution in [1.82, 2.24) is 0 Å². The lowest BCUT2D eigenvalue weighted by molar-refractivity contribution is 0.660. The first-order chi connectivity index (χ1) is 51.5. The summed E-state index contributed by atoms with van der Waals surface area (Å²) >= 11 is 0. The normalized spacial score (nSPS) is 11.3. The maximum Gasteiger partial charge on any atom is 0.0992 e. The van der Waals surface area contributed by atoms with E-state index in [4.69, 9.17) is 5.26 Å². The molecule has 0 fully saturated rings. The Morgan fingerprint density at radius 1 is 0.210 bits per heavy atom. The second kappa shape index (κ2) is 31.4. The molecule has 16 rings (SSSR count). The molecular weight excluding hydrogens is 1280 g/mol. The first-order valence-electron chi connectivity index (χ1n) is 35.4. The zero-order valence-corrected chi connectivity index (χ0v) is 59.6. The molecule has 0 saturated heterocycles. The van der Waals surface area contributed by atoms with Crippen LogP contribution in [0.3, 0.4) is 0 Å². The molecular formula is C98H79N7. The Hall–Kier alpha value is -13.7. The van der Waals surface area contributed by atoms with Gasteiger partial charge in [0, 0.05) is 94.8 Å². The number of para-hydroxylation sites is 2. The third-order valence-electron chi connectivity index (χ3n) is 19.8. The summed E-state index contributed by atoms with van der Waals surface area (Å²) in [6.45, 7) is 4.67. The van der Waals surface area contributed by atoms with Crippen LogP contribution < -0.4 is 24.5 Å². The number of fused-ring (bicyclic) bond motifs is 3. The molecule has 105 heavy (non-hydrogen) atoms. The predicted octanol–water partition coefficient (Wildman–Crippen LogP) is 26.0. The second-order valence-electron chi connectivity index (χ2n) is 26.6. The molecule has 0 spiro atoms. The van der Waals surface area contributed by atoms with Gasteiger partial charge < -0.3 is 24.5 Å². The van der Waals surface area contributed by atoms with Gasteiger partial charge >= 0.3 is 0 Å². The minimum atomic E-state index is 0.0218. The molecule has 0 atom stereocenters. The van der Waals surface area contributed by atoms with Crippen molar-refractivity contribution < 1.29 is 0 Å². The van der Waals surface area contributed by atoms with E-state index in [-0.39, 0.29) is 5.41 Å². The van der Waals surface area contributed by atoms with Gasteiger partial charge in [0.25, 0.3) is 0 Å². The molecule has 1 aliphatic rings. The van der Waals surface area contributed by atoms with Gasteiger partial charge in [-0.05, 0) is 237 Å². The highest BCUT2D eigenvalue weighted by Crippen LogP contribution is 2.50. The van der Waals surface area contributed by atoms with Crippen LogP contribution in [-0.4, -0.2) is 21.1 Å². The topological polar surface area (TPSA) is 63.8 Å². The standard InChI is InChI=1S/C34H29N.2C32H25N3/c1-34(2)32-12-8-7-11-30(32)31-22-17-27(23-33(31)34)26-15-20-29(21-16-26)35(3)28-18-13-25(14-19-28)24-9-5-4-6-10-24;1-34(32-14-8-9-25(23-32)24-33)28-19-21-31(22-20-28)35(29-12-6-3-7-13-29)30-17-15-27(16-18-30)26-10-4-2-5-11-26;1-34(28-16-12-25(24-33)13-17-28)29-20-22-32(23-21-29)35(30-10-6-3-7-11-30)31-18-14-27(15-19-31)26-8-4-2-5-9-26/h4-23H,1-3H3;2*2-23H,1H3. The highest BCUT2D eigenvalue weighted by atomic mass is 15.2. The third kappa shape index (κ3) is 15.3. The number of anilines is 12. The SMILES string of the molecule is CN(c1ccc(-c2ccccc2)cc1)c1ccc(-c2ccc3c(c2)C(C)(C)c2ccccc2-3)cc1.CN(c1ccc(C#N)cc1)c1ccc(N(c2ccccc2)c2ccc(-c3ccccc3)cc2)cc1.CN(c1ccc(N(c2ccccc2)c2ccc(-c3ccccc3)cc2)cc1)c1cccc(C#N)c1. The molecule has 15 aromatic carbocycles. The van der Waals surface area contributed by atoms with Gasteiger partial charge in [-0.2, -0.15) is 10.5 Å². The predicted molar refractivity (Wildman–Crippen MR) is 441 cm³/mol. The summed E-state index contributed by atoms with van der Waals surface area (Å²) < 4.78 is 0. The van der Waals surface area contributed by atoms with Crippen LogP contribution in [0.25, 0.3) is 55.6 Å². The van der Waals surface area contributed by atoms with Gasteiger partial charge in [0.15, 0.2) is 0 Å². The van der Waals surface area contributed by atoms with Crippen molar-refractivity contribution in [3.05, 3.63) is 411 Å². The quantitative estimate of drug-likeness (QED) is 0.0955. The number of rotatable bonds is 16. The molecule has 1 aliphatic carbocycles. The van der Waals surface area contributed by atoms with Crippen molar-refractivity contribution in [2.75, 3.05) is 45.6 Å². The van der Waals surface area contributed by atoms with E-state index in [1.54, 1.807) is 0 Å². The highest BCUT2D eigenvalue weighted by Gasteiger charge is 2.35. The van der Waals surface area contributed by atoms with Crippen molar-refractivity contribution >= 4 is 68.2 Å². The van der Waals surface area contributed by atoms with Gasteiger partial charge in [0.1, 0.15) is 0 Å². The van der Waals surface area contributed by atoms with E-state index in [0.29, 0.717) is 11.1 Å². The Kier molecular flexibility index (Phi) is 20.5. The van der Waals surface area contributed by atoms with Crippen LogP contribution in [0.4, 0.5) is 68.2 Å². The fraction of sp³-hybridized carbons (Fsp3) is 0.0612. The van der Waals surface area contributed by atoms with Crippen molar-refractivity contribution in [3.8, 4) is 67.8 Å². The number of hydrogen-bond donors (Lipinski definition) is 0. The van der Waals surface area contributed by atoms with E-state index in [0.717, 1.165) is 56.9 Å². The minimum absolute atomic E-state index is 0.0218. The van der Waals surface area contributed by atoms with Gasteiger partial charge in [-0.25, -0.2) is 0 Å². The van der Waals surface area contributed by atoms with Crippen LogP contribution in [0.15, 0.2) is 388 Å². The lowest BCUT2D eigenvalue weighted by Gasteiger charge is -2.27. The lowest BCUT2D eigenvalue weighted by Crippen LogP contribution is -2.14. The van der Waals surface area contributed by atoms with Gasteiger partial charge in [-0.1, -0.05) is 232 Å². The molecule has 7 heteroatoms. The van der Waals surface area contributed by atoms with E-state index >= 15 is 0 Å². The van der Waals surface area contributed by atoms with Crippen molar-refractivity contribution in [2.45, 2.75) is 19.3 Å². The largest absolute Gasteiger partial charge is 0.345 e. The summed E-state index contributed by atoms with van der Waals surface area (Å²) in [4.78, 5) is 11.0. The molecule has 0 radical (unpaired) electrons. The third-order valence-corrected chi connectivity index (χ3v) is 19.8. The van der Waals surface area contributed by atoms with Crippen molar-refractivity contribution in [3.63, 3.8) is 0 Å². The smallest absolute Gasteiger partial charge is 0.0992 e.